The van der Waals surface area contributed by atoms with Gasteiger partial charge in [0.1, 0.15) is 5.82 Å². The summed E-state index contributed by atoms with van der Waals surface area (Å²) >= 11 is 0. The number of ether oxygens (including phenoxy) is 1. The Balaban J connectivity index is 1.89. The first kappa shape index (κ1) is 14.0. The number of nitrogens with zero attached hydrogens (tertiary/aromatic N) is 3. The highest BCUT2D eigenvalue weighted by Gasteiger charge is 2.22. The molecule has 1 aliphatic heterocycles. The first-order valence-electron chi connectivity index (χ1n) is 6.95. The van der Waals surface area contributed by atoms with Gasteiger partial charge in [0.25, 0.3) is 5.91 Å². The average Bonchev–Trinajstić information content (AvgIpc) is 2.88. The first-order chi connectivity index (χ1) is 9.20. The van der Waals surface area contributed by atoms with Gasteiger partial charge in [0, 0.05) is 26.6 Å². The van der Waals surface area contributed by atoms with E-state index in [0.717, 1.165) is 44.7 Å². The van der Waals surface area contributed by atoms with E-state index in [1.807, 2.05) is 0 Å². The van der Waals surface area contributed by atoms with Crippen LogP contribution in [-0.4, -0.2) is 52.8 Å². The number of hydrogen-bond donors (Lipinski definition) is 1. The lowest BCUT2D eigenvalue weighted by Gasteiger charge is -2.26. The van der Waals surface area contributed by atoms with Crippen LogP contribution in [0.15, 0.2) is 0 Å². The van der Waals surface area contributed by atoms with Crippen LogP contribution in [0.4, 0.5) is 0 Å². The summed E-state index contributed by atoms with van der Waals surface area (Å²) in [6, 6.07) is 0. The normalized spacial score (nSPS) is 19.4. The number of aromatic amines is 1. The van der Waals surface area contributed by atoms with Gasteiger partial charge in [-0.3, -0.25) is 9.89 Å². The third kappa shape index (κ3) is 3.76. The minimum atomic E-state index is -0.121. The quantitative estimate of drug-likeness (QED) is 0.871. The molecule has 19 heavy (non-hydrogen) atoms. The van der Waals surface area contributed by atoms with Crippen molar-refractivity contribution in [3.05, 3.63) is 11.6 Å². The second-order valence-electron chi connectivity index (χ2n) is 5.12. The molecule has 2 rings (SSSR count). The Hall–Kier alpha value is -1.43. The van der Waals surface area contributed by atoms with Crippen LogP contribution in [-0.2, 0) is 11.2 Å². The molecule has 2 heterocycles. The maximum absolute atomic E-state index is 12.2. The zero-order chi connectivity index (χ0) is 13.7. The number of rotatable bonds is 5. The molecule has 0 aromatic carbocycles. The zero-order valence-electron chi connectivity index (χ0n) is 11.7. The number of aryl methyl sites for hydroxylation is 1. The highest BCUT2D eigenvalue weighted by molar-refractivity contribution is 5.90. The topological polar surface area (TPSA) is 71.1 Å². The maximum Gasteiger partial charge on any atom is 0.293 e. The smallest absolute Gasteiger partial charge is 0.293 e. The van der Waals surface area contributed by atoms with Crippen LogP contribution in [0.2, 0.25) is 0 Å². The van der Waals surface area contributed by atoms with Crippen molar-refractivity contribution < 1.29 is 9.53 Å². The van der Waals surface area contributed by atoms with Gasteiger partial charge in [-0.1, -0.05) is 6.92 Å². The van der Waals surface area contributed by atoms with Crippen molar-refractivity contribution in [2.45, 2.75) is 32.6 Å². The summed E-state index contributed by atoms with van der Waals surface area (Å²) in [5.74, 6) is 1.35. The zero-order valence-corrected chi connectivity index (χ0v) is 11.7. The van der Waals surface area contributed by atoms with E-state index in [0.29, 0.717) is 12.5 Å². The van der Waals surface area contributed by atoms with Crippen molar-refractivity contribution in [3.8, 4) is 0 Å². The molecular weight excluding hydrogens is 244 g/mol. The van der Waals surface area contributed by atoms with E-state index in [9.17, 15) is 4.79 Å². The lowest BCUT2D eigenvalue weighted by molar-refractivity contribution is 0.0385. The van der Waals surface area contributed by atoms with Gasteiger partial charge in [-0.05, 0) is 25.2 Å². The second kappa shape index (κ2) is 6.65. The van der Waals surface area contributed by atoms with Crippen LogP contribution in [0.3, 0.4) is 0 Å². The van der Waals surface area contributed by atoms with E-state index >= 15 is 0 Å². The molecular formula is C13H22N4O2. The molecule has 1 saturated heterocycles. The van der Waals surface area contributed by atoms with Gasteiger partial charge in [0.15, 0.2) is 0 Å². The summed E-state index contributed by atoms with van der Waals surface area (Å²) in [6.07, 6.45) is 4.00. The number of carbonyl (C=O) groups is 1. The van der Waals surface area contributed by atoms with Gasteiger partial charge < -0.3 is 9.64 Å². The van der Waals surface area contributed by atoms with E-state index in [1.54, 1.807) is 11.9 Å². The van der Waals surface area contributed by atoms with E-state index in [2.05, 4.69) is 22.1 Å². The molecule has 6 nitrogen and oxygen atoms in total. The van der Waals surface area contributed by atoms with Crippen LogP contribution in [0.1, 0.15) is 42.6 Å². The molecule has 0 saturated carbocycles. The van der Waals surface area contributed by atoms with Gasteiger partial charge in [0.2, 0.25) is 5.82 Å². The van der Waals surface area contributed by atoms with E-state index in [4.69, 9.17) is 4.74 Å². The Kier molecular flexibility index (Phi) is 4.90. The van der Waals surface area contributed by atoms with Crippen LogP contribution >= 0.6 is 0 Å². The van der Waals surface area contributed by atoms with E-state index < -0.39 is 0 Å². The number of hydrogen-bond acceptors (Lipinski definition) is 4. The molecule has 106 valence electrons. The van der Waals surface area contributed by atoms with Gasteiger partial charge in [-0.25, -0.2) is 4.98 Å². The molecule has 1 aromatic heterocycles. The maximum atomic E-state index is 12.2. The summed E-state index contributed by atoms with van der Waals surface area (Å²) in [6.45, 7) is 4.36. The van der Waals surface area contributed by atoms with Crippen molar-refractivity contribution in [1.29, 1.82) is 0 Å². The molecule has 0 radical (unpaired) electrons. The third-order valence-electron chi connectivity index (χ3n) is 3.34. The molecule has 1 aliphatic rings. The van der Waals surface area contributed by atoms with E-state index in [1.165, 1.54) is 0 Å². The van der Waals surface area contributed by atoms with Gasteiger partial charge in [-0.15, -0.1) is 5.10 Å². The lowest BCUT2D eigenvalue weighted by atomic mass is 10.0. The fourth-order valence-electron chi connectivity index (χ4n) is 2.33. The van der Waals surface area contributed by atoms with Crippen LogP contribution in [0.25, 0.3) is 0 Å². The number of nitrogens with one attached hydrogen (secondary N) is 1. The first-order valence-corrected chi connectivity index (χ1v) is 6.95. The molecule has 1 atom stereocenters. The summed E-state index contributed by atoms with van der Waals surface area (Å²) in [5, 5.41) is 6.80. The third-order valence-corrected chi connectivity index (χ3v) is 3.34. The van der Waals surface area contributed by atoms with Gasteiger partial charge in [0.05, 0.1) is 6.61 Å². The summed E-state index contributed by atoms with van der Waals surface area (Å²) < 4.78 is 5.43. The van der Waals surface area contributed by atoms with E-state index in [-0.39, 0.29) is 11.7 Å². The number of H-pyrrole nitrogens is 1. The second-order valence-corrected chi connectivity index (χ2v) is 5.12. The fourth-order valence-corrected chi connectivity index (χ4v) is 2.33. The van der Waals surface area contributed by atoms with Gasteiger partial charge in [-0.2, -0.15) is 0 Å². The lowest BCUT2D eigenvalue weighted by Crippen LogP contribution is -2.35. The Labute approximate surface area is 113 Å². The van der Waals surface area contributed by atoms with Crippen LogP contribution < -0.4 is 0 Å². The van der Waals surface area contributed by atoms with Crippen molar-refractivity contribution in [2.24, 2.45) is 5.92 Å². The van der Waals surface area contributed by atoms with Crippen molar-refractivity contribution in [3.63, 3.8) is 0 Å². The van der Waals surface area contributed by atoms with Crippen molar-refractivity contribution in [1.82, 2.24) is 20.1 Å². The number of amides is 1. The minimum Gasteiger partial charge on any atom is -0.381 e. The largest absolute Gasteiger partial charge is 0.381 e. The van der Waals surface area contributed by atoms with Crippen LogP contribution in [0.5, 0.6) is 0 Å². The van der Waals surface area contributed by atoms with Crippen molar-refractivity contribution >= 4 is 5.91 Å². The predicted molar refractivity (Wildman–Crippen MR) is 70.9 cm³/mol. The minimum absolute atomic E-state index is 0.121. The Morgan fingerprint density at radius 1 is 1.58 bits per heavy atom. The summed E-state index contributed by atoms with van der Waals surface area (Å²) in [7, 11) is 1.80. The molecule has 0 aliphatic carbocycles. The fraction of sp³-hybridized carbons (Fsp3) is 0.769. The predicted octanol–water partition coefficient (Wildman–Crippen LogP) is 1.26. The van der Waals surface area contributed by atoms with Crippen molar-refractivity contribution in [2.75, 3.05) is 26.8 Å². The standard InChI is InChI=1S/C13H22N4O2/c1-3-5-11-14-12(16-15-11)13(18)17(2)8-10-6-4-7-19-9-10/h10H,3-9H2,1-2H3,(H,14,15,16). The molecule has 0 bridgehead atoms. The molecule has 1 amide bonds. The summed E-state index contributed by atoms with van der Waals surface area (Å²) in [5.41, 5.74) is 0. The Bertz CT molecular complexity index is 413. The molecule has 1 aromatic rings. The molecule has 1 unspecified atom stereocenters. The number of carbonyl (C=O) groups excluding carboxylic acids is 1. The number of aromatic nitrogens is 3. The monoisotopic (exact) mass is 266 g/mol. The SMILES string of the molecule is CCCc1nc(C(=O)N(C)CC2CCCOC2)n[nH]1. The molecule has 1 N–H and O–H groups in total. The molecule has 0 spiro atoms. The Morgan fingerprint density at radius 3 is 3.11 bits per heavy atom. The molecule has 6 heteroatoms. The highest BCUT2D eigenvalue weighted by Crippen LogP contribution is 2.15. The average molecular weight is 266 g/mol. The Morgan fingerprint density at radius 2 is 2.42 bits per heavy atom. The molecule has 1 fully saturated rings. The summed E-state index contributed by atoms with van der Waals surface area (Å²) in [4.78, 5) is 18.1. The van der Waals surface area contributed by atoms with Gasteiger partial charge >= 0.3 is 0 Å². The van der Waals surface area contributed by atoms with Crippen LogP contribution in [0, 0.1) is 5.92 Å². The highest BCUT2D eigenvalue weighted by atomic mass is 16.5.